The Kier molecular flexibility index (Phi) is 4.36. The molecule has 2 aromatic carbocycles. The van der Waals surface area contributed by atoms with Crippen molar-refractivity contribution in [3.8, 4) is 11.1 Å². The van der Waals surface area contributed by atoms with Gasteiger partial charge in [0.05, 0.1) is 4.90 Å². The molecular weight excluding hydrogens is 320 g/mol. The number of aromatic nitrogens is 1. The Morgan fingerprint density at radius 2 is 1.62 bits per heavy atom. The largest absolute Gasteiger partial charge is 0.280 e. The number of hydrogen-bond donors (Lipinski definition) is 1. The summed E-state index contributed by atoms with van der Waals surface area (Å²) in [5.41, 5.74) is 4.75. The number of nitrogens with zero attached hydrogens (tertiary/aromatic N) is 1. The maximum absolute atomic E-state index is 12.4. The highest BCUT2D eigenvalue weighted by Crippen LogP contribution is 2.28. The molecule has 0 unspecified atom stereocenters. The molecule has 0 saturated heterocycles. The van der Waals surface area contributed by atoms with E-state index in [1.165, 1.54) is 0 Å². The monoisotopic (exact) mass is 338 g/mol. The summed E-state index contributed by atoms with van der Waals surface area (Å²) < 4.78 is 27.4. The second-order valence-corrected chi connectivity index (χ2v) is 7.32. The summed E-state index contributed by atoms with van der Waals surface area (Å²) >= 11 is 0. The minimum absolute atomic E-state index is 0.245. The molecule has 1 heterocycles. The minimum atomic E-state index is -3.58. The number of benzene rings is 2. The van der Waals surface area contributed by atoms with Gasteiger partial charge >= 0.3 is 0 Å². The molecule has 3 rings (SSSR count). The molecule has 0 aliphatic carbocycles. The van der Waals surface area contributed by atoms with E-state index in [1.54, 1.807) is 42.6 Å². The van der Waals surface area contributed by atoms with E-state index in [4.69, 9.17) is 0 Å². The van der Waals surface area contributed by atoms with Gasteiger partial charge in [0.2, 0.25) is 0 Å². The van der Waals surface area contributed by atoms with Crippen molar-refractivity contribution >= 4 is 15.7 Å². The highest BCUT2D eigenvalue weighted by atomic mass is 32.2. The Morgan fingerprint density at radius 3 is 2.29 bits per heavy atom. The average Bonchev–Trinajstić information content (AvgIpc) is 2.56. The Labute approximate surface area is 142 Å². The third-order valence-electron chi connectivity index (χ3n) is 3.86. The highest BCUT2D eigenvalue weighted by molar-refractivity contribution is 7.92. The first-order chi connectivity index (χ1) is 11.5. The van der Waals surface area contributed by atoms with Gasteiger partial charge in [0.15, 0.2) is 0 Å². The molecule has 0 atom stereocenters. The van der Waals surface area contributed by atoms with Crippen LogP contribution >= 0.6 is 0 Å². The predicted molar refractivity (Wildman–Crippen MR) is 96.4 cm³/mol. The standard InChI is InChI=1S/C19H18N2O2S/c1-14-10-11-20-13-19(14)18-9-8-16(12-15(18)2)21-24(22,23)17-6-4-3-5-7-17/h3-13,21H,1-2H3. The lowest BCUT2D eigenvalue weighted by Gasteiger charge is -2.12. The molecule has 1 N–H and O–H groups in total. The zero-order valence-corrected chi connectivity index (χ0v) is 14.3. The van der Waals surface area contributed by atoms with Crippen LogP contribution in [-0.2, 0) is 10.0 Å². The summed E-state index contributed by atoms with van der Waals surface area (Å²) in [4.78, 5) is 4.42. The fourth-order valence-corrected chi connectivity index (χ4v) is 3.66. The van der Waals surface area contributed by atoms with Gasteiger partial charge in [-0.3, -0.25) is 9.71 Å². The van der Waals surface area contributed by atoms with Crippen molar-refractivity contribution in [3.63, 3.8) is 0 Å². The van der Waals surface area contributed by atoms with Crippen molar-refractivity contribution in [1.29, 1.82) is 0 Å². The van der Waals surface area contributed by atoms with Crippen molar-refractivity contribution in [2.24, 2.45) is 0 Å². The van der Waals surface area contributed by atoms with Gasteiger partial charge in [0, 0.05) is 23.6 Å². The van der Waals surface area contributed by atoms with Crippen LogP contribution in [0.4, 0.5) is 5.69 Å². The van der Waals surface area contributed by atoms with Crippen LogP contribution in [0, 0.1) is 13.8 Å². The van der Waals surface area contributed by atoms with Gasteiger partial charge in [0.1, 0.15) is 0 Å². The summed E-state index contributed by atoms with van der Waals surface area (Å²) in [5.74, 6) is 0. The molecule has 0 aliphatic rings. The van der Waals surface area contributed by atoms with E-state index in [0.29, 0.717) is 5.69 Å². The van der Waals surface area contributed by atoms with Crippen LogP contribution in [-0.4, -0.2) is 13.4 Å². The van der Waals surface area contributed by atoms with Crippen LogP contribution in [0.3, 0.4) is 0 Å². The summed E-state index contributed by atoms with van der Waals surface area (Å²) in [5, 5.41) is 0. The number of sulfonamides is 1. The second-order valence-electron chi connectivity index (χ2n) is 5.64. The highest BCUT2D eigenvalue weighted by Gasteiger charge is 2.14. The van der Waals surface area contributed by atoms with Gasteiger partial charge in [-0.05, 0) is 60.9 Å². The molecule has 0 aliphatic heterocycles. The van der Waals surface area contributed by atoms with Crippen molar-refractivity contribution in [2.45, 2.75) is 18.7 Å². The zero-order valence-electron chi connectivity index (χ0n) is 13.5. The van der Waals surface area contributed by atoms with E-state index in [1.807, 2.05) is 38.2 Å². The lowest BCUT2D eigenvalue weighted by atomic mass is 9.98. The molecule has 122 valence electrons. The Balaban J connectivity index is 1.92. The van der Waals surface area contributed by atoms with E-state index in [0.717, 1.165) is 22.3 Å². The number of pyridine rings is 1. The quantitative estimate of drug-likeness (QED) is 0.777. The van der Waals surface area contributed by atoms with Gasteiger partial charge in [-0.1, -0.05) is 24.3 Å². The summed E-state index contributed by atoms with van der Waals surface area (Å²) in [7, 11) is -3.58. The molecule has 24 heavy (non-hydrogen) atoms. The molecule has 1 aromatic heterocycles. The molecule has 3 aromatic rings. The lowest BCUT2D eigenvalue weighted by Crippen LogP contribution is -2.12. The normalized spacial score (nSPS) is 11.2. The molecule has 0 amide bonds. The summed E-state index contributed by atoms with van der Waals surface area (Å²) in [6.07, 6.45) is 3.59. The average molecular weight is 338 g/mol. The molecule has 0 bridgehead atoms. The fourth-order valence-electron chi connectivity index (χ4n) is 2.59. The smallest absolute Gasteiger partial charge is 0.261 e. The van der Waals surface area contributed by atoms with E-state index < -0.39 is 10.0 Å². The van der Waals surface area contributed by atoms with Crippen LogP contribution in [0.25, 0.3) is 11.1 Å². The Morgan fingerprint density at radius 1 is 0.875 bits per heavy atom. The summed E-state index contributed by atoms with van der Waals surface area (Å²) in [6.45, 7) is 3.99. The Bertz CT molecular complexity index is 968. The van der Waals surface area contributed by atoms with Crippen molar-refractivity contribution in [2.75, 3.05) is 4.72 Å². The molecule has 5 heteroatoms. The maximum Gasteiger partial charge on any atom is 0.261 e. The number of rotatable bonds is 4. The predicted octanol–water partition coefficient (Wildman–Crippen LogP) is 4.17. The molecule has 0 fully saturated rings. The number of hydrogen-bond acceptors (Lipinski definition) is 3. The first-order valence-corrected chi connectivity index (χ1v) is 9.05. The van der Waals surface area contributed by atoms with Crippen molar-refractivity contribution in [1.82, 2.24) is 4.98 Å². The minimum Gasteiger partial charge on any atom is -0.280 e. The molecule has 0 spiro atoms. The second kappa shape index (κ2) is 6.45. The van der Waals surface area contributed by atoms with Gasteiger partial charge in [-0.2, -0.15) is 0 Å². The Hall–Kier alpha value is -2.66. The van der Waals surface area contributed by atoms with Crippen LogP contribution in [0.2, 0.25) is 0 Å². The molecule has 0 radical (unpaired) electrons. The van der Waals surface area contributed by atoms with Gasteiger partial charge < -0.3 is 0 Å². The SMILES string of the molecule is Cc1cc(NS(=O)(=O)c2ccccc2)ccc1-c1cnccc1C. The van der Waals surface area contributed by atoms with Crippen molar-refractivity contribution < 1.29 is 8.42 Å². The maximum atomic E-state index is 12.4. The number of nitrogens with one attached hydrogen (secondary N) is 1. The third kappa shape index (κ3) is 3.31. The van der Waals surface area contributed by atoms with E-state index >= 15 is 0 Å². The van der Waals surface area contributed by atoms with Gasteiger partial charge in [-0.25, -0.2) is 8.42 Å². The van der Waals surface area contributed by atoms with Crippen LogP contribution in [0.15, 0.2) is 71.9 Å². The topological polar surface area (TPSA) is 59.1 Å². The summed E-state index contributed by atoms with van der Waals surface area (Å²) in [6, 6.07) is 15.8. The van der Waals surface area contributed by atoms with Crippen LogP contribution in [0.5, 0.6) is 0 Å². The third-order valence-corrected chi connectivity index (χ3v) is 5.26. The van der Waals surface area contributed by atoms with E-state index in [2.05, 4.69) is 9.71 Å². The number of aryl methyl sites for hydroxylation is 2. The molecule has 4 nitrogen and oxygen atoms in total. The fraction of sp³-hybridized carbons (Fsp3) is 0.105. The number of anilines is 1. The molecule has 0 saturated carbocycles. The van der Waals surface area contributed by atoms with E-state index in [-0.39, 0.29) is 4.90 Å². The van der Waals surface area contributed by atoms with Gasteiger partial charge in [-0.15, -0.1) is 0 Å². The van der Waals surface area contributed by atoms with Crippen molar-refractivity contribution in [3.05, 3.63) is 78.1 Å². The van der Waals surface area contributed by atoms with Crippen LogP contribution in [0.1, 0.15) is 11.1 Å². The van der Waals surface area contributed by atoms with Gasteiger partial charge in [0.25, 0.3) is 10.0 Å². The zero-order chi connectivity index (χ0) is 17.2. The first-order valence-electron chi connectivity index (χ1n) is 7.57. The van der Waals surface area contributed by atoms with E-state index in [9.17, 15) is 8.42 Å². The molecular formula is C19H18N2O2S. The first kappa shape index (κ1) is 16.2. The lowest BCUT2D eigenvalue weighted by molar-refractivity contribution is 0.601. The van der Waals surface area contributed by atoms with Crippen LogP contribution < -0.4 is 4.72 Å².